The van der Waals surface area contributed by atoms with Gasteiger partial charge in [-0.3, -0.25) is 4.79 Å². The molecule has 2 unspecified atom stereocenters. The van der Waals surface area contributed by atoms with Gasteiger partial charge in [0.25, 0.3) is 5.91 Å². The summed E-state index contributed by atoms with van der Waals surface area (Å²) in [6.07, 6.45) is 3.30. The van der Waals surface area contributed by atoms with Gasteiger partial charge in [-0.25, -0.2) is 9.48 Å². The van der Waals surface area contributed by atoms with Crippen LogP contribution in [0.15, 0.2) is 24.3 Å². The molecule has 1 aliphatic carbocycles. The lowest BCUT2D eigenvalue weighted by molar-refractivity contribution is 0.0929. The number of carbonyl (C=O) groups excluding carboxylic acids is 2. The fourth-order valence-corrected chi connectivity index (χ4v) is 4.78. The number of benzene rings is 1. The number of cyclic esters (lactones) is 1. The number of hydrogen-bond acceptors (Lipinski definition) is 6. The van der Waals surface area contributed by atoms with Gasteiger partial charge in [0.05, 0.1) is 24.3 Å². The predicted molar refractivity (Wildman–Crippen MR) is 108 cm³/mol. The molecule has 9 nitrogen and oxygen atoms in total. The van der Waals surface area contributed by atoms with Crippen LogP contribution in [0.5, 0.6) is 0 Å². The Morgan fingerprint density at radius 1 is 1.23 bits per heavy atom. The molecule has 0 spiro atoms. The monoisotopic (exact) mass is 410 g/mol. The molecule has 2 amide bonds. The lowest BCUT2D eigenvalue weighted by atomic mass is 9.92. The van der Waals surface area contributed by atoms with Crippen LogP contribution in [0.3, 0.4) is 0 Å². The second-order valence-electron chi connectivity index (χ2n) is 8.23. The number of nitrogens with zero attached hydrogens (tertiary/aromatic N) is 3. The number of hydrogen-bond donors (Lipinski definition) is 3. The normalized spacial score (nSPS) is 23.7. The molecule has 3 aliphatic rings. The number of aryl methyl sites for hydroxylation is 1. The molecule has 5 rings (SSSR count). The van der Waals surface area contributed by atoms with Crippen molar-refractivity contribution in [3.63, 3.8) is 0 Å². The maximum Gasteiger partial charge on any atom is 0.407 e. The van der Waals surface area contributed by atoms with E-state index in [0.29, 0.717) is 18.8 Å². The molecule has 1 aromatic carbocycles. The Labute approximate surface area is 174 Å². The number of rotatable bonds is 5. The number of carbonyl (C=O) groups is 2. The van der Waals surface area contributed by atoms with Crippen LogP contribution in [-0.4, -0.2) is 52.7 Å². The summed E-state index contributed by atoms with van der Waals surface area (Å²) in [5.41, 5.74) is 3.74. The van der Waals surface area contributed by atoms with E-state index in [0.717, 1.165) is 44.5 Å². The zero-order valence-electron chi connectivity index (χ0n) is 16.8. The van der Waals surface area contributed by atoms with Gasteiger partial charge in [-0.05, 0) is 49.9 Å². The van der Waals surface area contributed by atoms with Crippen LogP contribution in [0, 0.1) is 0 Å². The number of ether oxygens (including phenoxy) is 1. The first-order valence-corrected chi connectivity index (χ1v) is 10.6. The van der Waals surface area contributed by atoms with Gasteiger partial charge in [0.15, 0.2) is 5.69 Å². The van der Waals surface area contributed by atoms with Crippen LogP contribution in [-0.2, 0) is 17.7 Å². The van der Waals surface area contributed by atoms with Gasteiger partial charge in [0.2, 0.25) is 0 Å². The third-order valence-corrected chi connectivity index (χ3v) is 6.28. The second kappa shape index (κ2) is 8.06. The van der Waals surface area contributed by atoms with E-state index in [9.17, 15) is 9.59 Å². The molecular weight excluding hydrogens is 384 g/mol. The van der Waals surface area contributed by atoms with Crippen molar-refractivity contribution in [2.24, 2.45) is 0 Å². The molecule has 0 saturated carbocycles. The summed E-state index contributed by atoms with van der Waals surface area (Å²) < 4.78 is 6.78. The topological polar surface area (TPSA) is 110 Å². The molecule has 9 heteroatoms. The molecule has 3 N–H and O–H groups in total. The number of alkyl carbamates (subject to hydrolysis) is 1. The average Bonchev–Trinajstić information content (AvgIpc) is 3.48. The van der Waals surface area contributed by atoms with E-state index >= 15 is 0 Å². The molecule has 158 valence electrons. The quantitative estimate of drug-likeness (QED) is 0.685. The highest BCUT2D eigenvalue weighted by Gasteiger charge is 2.32. The smallest absolute Gasteiger partial charge is 0.407 e. The van der Waals surface area contributed by atoms with Gasteiger partial charge in [0.1, 0.15) is 6.61 Å². The highest BCUT2D eigenvalue weighted by Crippen LogP contribution is 2.32. The maximum atomic E-state index is 13.2. The molecule has 2 aliphatic heterocycles. The SMILES string of the molecule is O=C1NC(Cn2nnc(C(=O)NC3CCc4ccccc43)c2C2CCNCC2)CO1. The van der Waals surface area contributed by atoms with E-state index in [-0.39, 0.29) is 23.9 Å². The molecular formula is C21H26N6O3. The fraction of sp³-hybridized carbons (Fsp3) is 0.524. The summed E-state index contributed by atoms with van der Waals surface area (Å²) in [6.45, 7) is 2.54. The van der Waals surface area contributed by atoms with Crippen molar-refractivity contribution in [3.05, 3.63) is 46.8 Å². The average molecular weight is 410 g/mol. The van der Waals surface area contributed by atoms with Crippen molar-refractivity contribution in [2.45, 2.75) is 50.2 Å². The Morgan fingerprint density at radius 2 is 2.07 bits per heavy atom. The first-order valence-electron chi connectivity index (χ1n) is 10.6. The van der Waals surface area contributed by atoms with E-state index in [1.165, 1.54) is 11.1 Å². The third kappa shape index (κ3) is 3.65. The summed E-state index contributed by atoms with van der Waals surface area (Å²) in [4.78, 5) is 24.6. The van der Waals surface area contributed by atoms with Crippen molar-refractivity contribution in [1.29, 1.82) is 0 Å². The lowest BCUT2D eigenvalue weighted by Gasteiger charge is -2.24. The van der Waals surface area contributed by atoms with Gasteiger partial charge in [-0.1, -0.05) is 29.5 Å². The van der Waals surface area contributed by atoms with Crippen LogP contribution in [0.4, 0.5) is 4.79 Å². The molecule has 0 radical (unpaired) electrons. The molecule has 1 aromatic heterocycles. The third-order valence-electron chi connectivity index (χ3n) is 6.28. The largest absolute Gasteiger partial charge is 0.447 e. The van der Waals surface area contributed by atoms with E-state index in [1.54, 1.807) is 4.68 Å². The Kier molecular flexibility index (Phi) is 5.12. The molecule has 2 aromatic rings. The van der Waals surface area contributed by atoms with Crippen LogP contribution >= 0.6 is 0 Å². The van der Waals surface area contributed by atoms with E-state index < -0.39 is 6.09 Å². The van der Waals surface area contributed by atoms with E-state index in [1.807, 2.05) is 12.1 Å². The van der Waals surface area contributed by atoms with Crippen LogP contribution < -0.4 is 16.0 Å². The Bertz CT molecular complexity index is 952. The van der Waals surface area contributed by atoms with Gasteiger partial charge in [-0.15, -0.1) is 5.10 Å². The zero-order chi connectivity index (χ0) is 20.5. The molecule has 2 fully saturated rings. The summed E-state index contributed by atoms with van der Waals surface area (Å²) in [6, 6.07) is 8.09. The number of aromatic nitrogens is 3. The summed E-state index contributed by atoms with van der Waals surface area (Å²) in [5.74, 6) is 0.0269. The summed E-state index contributed by atoms with van der Waals surface area (Å²) in [5, 5.41) is 17.9. The fourth-order valence-electron chi connectivity index (χ4n) is 4.78. The highest BCUT2D eigenvalue weighted by atomic mass is 16.6. The molecule has 0 bridgehead atoms. The van der Waals surface area contributed by atoms with Crippen molar-refractivity contribution in [1.82, 2.24) is 30.9 Å². The predicted octanol–water partition coefficient (Wildman–Crippen LogP) is 1.27. The number of piperidine rings is 1. The lowest BCUT2D eigenvalue weighted by Crippen LogP contribution is -2.34. The standard InChI is InChI=1S/C21H26N6O3/c28-20(24-17-6-5-13-3-1-2-4-16(13)17)18-19(14-7-9-22-10-8-14)27(26-25-18)11-15-12-30-21(29)23-15/h1-4,14-15,17,22H,5-12H2,(H,23,29)(H,24,28). The summed E-state index contributed by atoms with van der Waals surface area (Å²) in [7, 11) is 0. The van der Waals surface area contributed by atoms with Gasteiger partial charge in [-0.2, -0.15) is 0 Å². The van der Waals surface area contributed by atoms with Crippen LogP contribution in [0.25, 0.3) is 0 Å². The number of amides is 2. The van der Waals surface area contributed by atoms with E-state index in [2.05, 4.69) is 38.4 Å². The van der Waals surface area contributed by atoms with Crippen LogP contribution in [0.1, 0.15) is 58.5 Å². The first-order chi connectivity index (χ1) is 14.7. The van der Waals surface area contributed by atoms with Crippen molar-refractivity contribution in [3.8, 4) is 0 Å². The minimum atomic E-state index is -0.415. The van der Waals surface area contributed by atoms with Crippen molar-refractivity contribution < 1.29 is 14.3 Å². The first kappa shape index (κ1) is 19.0. The van der Waals surface area contributed by atoms with Crippen LogP contribution in [0.2, 0.25) is 0 Å². The maximum absolute atomic E-state index is 13.2. The van der Waals surface area contributed by atoms with Gasteiger partial charge in [0, 0.05) is 5.92 Å². The Hall–Kier alpha value is -2.94. The highest BCUT2D eigenvalue weighted by molar-refractivity contribution is 5.93. The molecule has 2 atom stereocenters. The summed E-state index contributed by atoms with van der Waals surface area (Å²) >= 11 is 0. The van der Waals surface area contributed by atoms with Crippen molar-refractivity contribution in [2.75, 3.05) is 19.7 Å². The second-order valence-corrected chi connectivity index (χ2v) is 8.23. The molecule has 30 heavy (non-hydrogen) atoms. The number of nitrogens with one attached hydrogen (secondary N) is 3. The molecule has 3 heterocycles. The van der Waals surface area contributed by atoms with Gasteiger partial charge >= 0.3 is 6.09 Å². The Morgan fingerprint density at radius 3 is 2.87 bits per heavy atom. The minimum Gasteiger partial charge on any atom is -0.447 e. The Balaban J connectivity index is 1.39. The molecule has 2 saturated heterocycles. The zero-order valence-corrected chi connectivity index (χ0v) is 16.8. The van der Waals surface area contributed by atoms with Gasteiger partial charge < -0.3 is 20.7 Å². The van der Waals surface area contributed by atoms with Crippen molar-refractivity contribution >= 4 is 12.0 Å². The number of fused-ring (bicyclic) bond motifs is 1. The minimum absolute atomic E-state index is 0.00208. The van der Waals surface area contributed by atoms with E-state index in [4.69, 9.17) is 4.74 Å².